The molecule has 15 heavy (non-hydrogen) atoms. The van der Waals surface area contributed by atoms with Crippen LogP contribution in [0.15, 0.2) is 59.5 Å². The molecule has 1 nitrogen and oxygen atoms in total. The van der Waals surface area contributed by atoms with Crippen molar-refractivity contribution >= 4 is 24.2 Å². The van der Waals surface area contributed by atoms with Crippen LogP contribution in [0.2, 0.25) is 5.02 Å². The van der Waals surface area contributed by atoms with Gasteiger partial charge in [-0.15, -0.1) is 12.6 Å². The zero-order chi connectivity index (χ0) is 11.1. The van der Waals surface area contributed by atoms with Crippen molar-refractivity contribution in [3.05, 3.63) is 59.6 Å². The Balaban J connectivity index is 0.000000151. The van der Waals surface area contributed by atoms with Crippen LogP contribution in [-0.4, -0.2) is 5.11 Å². The van der Waals surface area contributed by atoms with E-state index in [1.54, 1.807) is 24.3 Å². The van der Waals surface area contributed by atoms with Gasteiger partial charge in [0.15, 0.2) is 0 Å². The lowest BCUT2D eigenvalue weighted by atomic mass is 10.3. The van der Waals surface area contributed by atoms with Crippen molar-refractivity contribution in [3.63, 3.8) is 0 Å². The Hall–Kier alpha value is -1.12. The summed E-state index contributed by atoms with van der Waals surface area (Å²) in [6.07, 6.45) is 0. The number of phenolic OH excluding ortho intramolecular Hbond substituents is 1. The molecule has 0 amide bonds. The molecule has 0 bridgehead atoms. The fourth-order valence-corrected chi connectivity index (χ4v) is 1.16. The summed E-state index contributed by atoms with van der Waals surface area (Å²) in [6.45, 7) is 0. The first kappa shape index (κ1) is 12.0. The quantitative estimate of drug-likeness (QED) is 0.665. The fourth-order valence-electron chi connectivity index (χ4n) is 0.867. The topological polar surface area (TPSA) is 20.2 Å². The van der Waals surface area contributed by atoms with Crippen LogP contribution in [0.1, 0.15) is 0 Å². The molecule has 0 heterocycles. The summed E-state index contributed by atoms with van der Waals surface area (Å²) in [5, 5.41) is 9.52. The second kappa shape index (κ2) is 6.38. The van der Waals surface area contributed by atoms with Gasteiger partial charge in [0.25, 0.3) is 0 Å². The molecule has 0 aliphatic heterocycles. The highest BCUT2D eigenvalue weighted by atomic mass is 35.5. The lowest BCUT2D eigenvalue weighted by Gasteiger charge is -1.88. The average molecular weight is 239 g/mol. The molecule has 0 saturated carbocycles. The van der Waals surface area contributed by atoms with Crippen molar-refractivity contribution in [1.29, 1.82) is 0 Å². The number of halogens is 1. The summed E-state index contributed by atoms with van der Waals surface area (Å²) in [5.41, 5.74) is 0. The van der Waals surface area contributed by atoms with Gasteiger partial charge in [0.1, 0.15) is 5.75 Å². The lowest BCUT2D eigenvalue weighted by molar-refractivity contribution is 0.475. The minimum absolute atomic E-state index is 0.280. The Labute approximate surface area is 99.7 Å². The molecule has 3 heteroatoms. The molecule has 0 unspecified atom stereocenters. The summed E-state index contributed by atoms with van der Waals surface area (Å²) >= 11 is 9.56. The van der Waals surface area contributed by atoms with Gasteiger partial charge >= 0.3 is 0 Å². The smallest absolute Gasteiger partial charge is 0.115 e. The van der Waals surface area contributed by atoms with Gasteiger partial charge in [-0.25, -0.2) is 0 Å². The van der Waals surface area contributed by atoms with Crippen molar-refractivity contribution in [2.45, 2.75) is 4.90 Å². The predicted molar refractivity (Wildman–Crippen MR) is 66.8 cm³/mol. The van der Waals surface area contributed by atoms with Gasteiger partial charge in [-0.2, -0.15) is 0 Å². The fraction of sp³-hybridized carbons (Fsp3) is 0. The summed E-state index contributed by atoms with van der Waals surface area (Å²) in [5.74, 6) is 0.280. The summed E-state index contributed by atoms with van der Waals surface area (Å²) in [7, 11) is 0. The summed E-state index contributed by atoms with van der Waals surface area (Å²) < 4.78 is 0. The number of benzene rings is 2. The second-order valence-electron chi connectivity index (χ2n) is 2.81. The third kappa shape index (κ3) is 5.35. The van der Waals surface area contributed by atoms with Crippen molar-refractivity contribution in [2.75, 3.05) is 0 Å². The zero-order valence-corrected chi connectivity index (χ0v) is 9.62. The Bertz CT molecular complexity index is 365. The average Bonchev–Trinajstić information content (AvgIpc) is 2.25. The minimum Gasteiger partial charge on any atom is -0.508 e. The van der Waals surface area contributed by atoms with E-state index in [2.05, 4.69) is 12.6 Å². The number of hydrogen-bond acceptors (Lipinski definition) is 2. The predicted octanol–water partition coefficient (Wildman–Crippen LogP) is 4.02. The molecule has 0 saturated heterocycles. The molecule has 0 radical (unpaired) electrons. The Morgan fingerprint density at radius 1 is 0.867 bits per heavy atom. The molecule has 0 aromatic heterocycles. The van der Waals surface area contributed by atoms with Crippen LogP contribution in [0.4, 0.5) is 0 Å². The van der Waals surface area contributed by atoms with E-state index in [1.807, 2.05) is 30.3 Å². The molecule has 0 atom stereocenters. The maximum absolute atomic E-state index is 8.72. The van der Waals surface area contributed by atoms with Gasteiger partial charge in [0.2, 0.25) is 0 Å². The van der Waals surface area contributed by atoms with Crippen molar-refractivity contribution in [1.82, 2.24) is 0 Å². The van der Waals surface area contributed by atoms with E-state index < -0.39 is 0 Å². The highest BCUT2D eigenvalue weighted by Crippen LogP contribution is 2.11. The molecule has 2 rings (SSSR count). The standard InChI is InChI=1S/C6H5Cl.C6H6OS/c7-6-4-2-1-3-5-6;7-5-1-3-6(8)4-2-5/h1-5H;1-4,7-8H. The minimum atomic E-state index is 0.280. The van der Waals surface area contributed by atoms with Crippen molar-refractivity contribution < 1.29 is 5.11 Å². The molecule has 78 valence electrons. The molecule has 0 spiro atoms. The van der Waals surface area contributed by atoms with Crippen LogP contribution in [0, 0.1) is 0 Å². The van der Waals surface area contributed by atoms with Crippen LogP contribution in [0.5, 0.6) is 5.75 Å². The van der Waals surface area contributed by atoms with Crippen LogP contribution in [-0.2, 0) is 0 Å². The van der Waals surface area contributed by atoms with E-state index in [0.717, 1.165) is 9.92 Å². The zero-order valence-electron chi connectivity index (χ0n) is 7.97. The third-order valence-corrected chi connectivity index (χ3v) is 2.13. The number of hydrogen-bond donors (Lipinski definition) is 2. The van der Waals surface area contributed by atoms with Gasteiger partial charge < -0.3 is 5.11 Å². The third-order valence-electron chi connectivity index (χ3n) is 1.58. The maximum Gasteiger partial charge on any atom is 0.115 e. The van der Waals surface area contributed by atoms with E-state index >= 15 is 0 Å². The lowest BCUT2D eigenvalue weighted by Crippen LogP contribution is -1.62. The first-order valence-electron chi connectivity index (χ1n) is 4.37. The molecule has 2 aromatic rings. The molecule has 0 aliphatic rings. The Morgan fingerprint density at radius 2 is 1.40 bits per heavy atom. The number of rotatable bonds is 0. The maximum atomic E-state index is 8.72. The van der Waals surface area contributed by atoms with Crippen LogP contribution in [0.25, 0.3) is 0 Å². The highest BCUT2D eigenvalue weighted by molar-refractivity contribution is 7.80. The Kier molecular flexibility index (Phi) is 5.08. The molecule has 0 aliphatic carbocycles. The van der Waals surface area contributed by atoms with E-state index in [4.69, 9.17) is 16.7 Å². The number of aromatic hydroxyl groups is 1. The van der Waals surface area contributed by atoms with Gasteiger partial charge in [-0.05, 0) is 36.4 Å². The first-order valence-corrected chi connectivity index (χ1v) is 5.19. The van der Waals surface area contributed by atoms with E-state index in [0.29, 0.717) is 0 Å². The molecular formula is C12H11ClOS. The van der Waals surface area contributed by atoms with Crippen LogP contribution in [0.3, 0.4) is 0 Å². The number of phenols is 1. The largest absolute Gasteiger partial charge is 0.508 e. The number of thiol groups is 1. The summed E-state index contributed by atoms with van der Waals surface area (Å²) in [6, 6.07) is 16.1. The van der Waals surface area contributed by atoms with E-state index in [1.165, 1.54) is 0 Å². The van der Waals surface area contributed by atoms with Gasteiger partial charge in [-0.3, -0.25) is 0 Å². The SMILES string of the molecule is Clc1ccccc1.Oc1ccc(S)cc1. The molecular weight excluding hydrogens is 228 g/mol. The van der Waals surface area contributed by atoms with Crippen molar-refractivity contribution in [3.8, 4) is 5.75 Å². The monoisotopic (exact) mass is 238 g/mol. The summed E-state index contributed by atoms with van der Waals surface area (Å²) in [4.78, 5) is 0.864. The van der Waals surface area contributed by atoms with Gasteiger partial charge in [0, 0.05) is 9.92 Å². The van der Waals surface area contributed by atoms with Gasteiger partial charge in [0.05, 0.1) is 0 Å². The van der Waals surface area contributed by atoms with Crippen LogP contribution < -0.4 is 0 Å². The molecule has 1 N–H and O–H groups in total. The van der Waals surface area contributed by atoms with E-state index in [9.17, 15) is 0 Å². The highest BCUT2D eigenvalue weighted by Gasteiger charge is 1.82. The normalized spacial score (nSPS) is 8.93. The molecule has 2 aromatic carbocycles. The first-order chi connectivity index (χ1) is 7.18. The van der Waals surface area contributed by atoms with Crippen LogP contribution >= 0.6 is 24.2 Å². The second-order valence-corrected chi connectivity index (χ2v) is 3.76. The molecule has 0 fully saturated rings. The van der Waals surface area contributed by atoms with E-state index in [-0.39, 0.29) is 5.75 Å². The van der Waals surface area contributed by atoms with Crippen molar-refractivity contribution in [2.24, 2.45) is 0 Å². The van der Waals surface area contributed by atoms with Gasteiger partial charge in [-0.1, -0.05) is 29.8 Å². The Morgan fingerprint density at radius 3 is 1.73 bits per heavy atom.